The van der Waals surface area contributed by atoms with Gasteiger partial charge in [-0.2, -0.15) is 11.8 Å². The second-order valence-corrected chi connectivity index (χ2v) is 6.78. The van der Waals surface area contributed by atoms with E-state index < -0.39 is 5.97 Å². The maximum atomic E-state index is 11.7. The van der Waals surface area contributed by atoms with Crippen molar-refractivity contribution in [1.82, 2.24) is 15.5 Å². The van der Waals surface area contributed by atoms with Crippen molar-refractivity contribution in [3.05, 3.63) is 0 Å². The highest BCUT2D eigenvalue weighted by Crippen LogP contribution is 2.33. The third kappa shape index (κ3) is 4.26. The van der Waals surface area contributed by atoms with Crippen LogP contribution >= 0.6 is 11.8 Å². The van der Waals surface area contributed by atoms with Gasteiger partial charge in [-0.05, 0) is 12.8 Å². The molecule has 0 aromatic rings. The standard InChI is InChI=1S/C13H21N3O4S/c1-16(6-11(18)19)10(17)5-3-2-4-9-12-8(7-21-9)14-13(20)15-12/h8-9,12H,2-7H2,1H3,(H,18,19)(H2,14,15,20). The van der Waals surface area contributed by atoms with Crippen LogP contribution in [0.2, 0.25) is 0 Å². The SMILES string of the molecule is CN(CC(=O)O)C(=O)CCCCC1SCC2NC(=O)NC21. The first-order valence-electron chi connectivity index (χ1n) is 7.12. The molecule has 0 aromatic heterocycles. The molecule has 2 fully saturated rings. The third-order valence-electron chi connectivity index (χ3n) is 3.87. The molecule has 3 atom stereocenters. The fourth-order valence-corrected chi connectivity index (χ4v) is 4.29. The molecule has 2 aliphatic rings. The lowest BCUT2D eigenvalue weighted by molar-refractivity contribution is -0.143. The van der Waals surface area contributed by atoms with Crippen molar-refractivity contribution in [2.24, 2.45) is 0 Å². The molecule has 3 amide bonds. The Morgan fingerprint density at radius 2 is 2.14 bits per heavy atom. The summed E-state index contributed by atoms with van der Waals surface area (Å²) in [4.78, 5) is 34.7. The van der Waals surface area contributed by atoms with Gasteiger partial charge in [-0.1, -0.05) is 6.42 Å². The zero-order chi connectivity index (χ0) is 15.4. The number of nitrogens with one attached hydrogen (secondary N) is 2. The number of amides is 3. The average Bonchev–Trinajstić information content (AvgIpc) is 2.93. The van der Waals surface area contributed by atoms with Crippen LogP contribution in [0.4, 0.5) is 4.79 Å². The van der Waals surface area contributed by atoms with Crippen LogP contribution in [-0.4, -0.2) is 64.6 Å². The summed E-state index contributed by atoms with van der Waals surface area (Å²) in [6, 6.07) is 0.351. The van der Waals surface area contributed by atoms with Crippen molar-refractivity contribution in [2.45, 2.75) is 43.0 Å². The predicted octanol–water partition coefficient (Wildman–Crippen LogP) is 0.255. The molecule has 8 heteroatoms. The molecule has 21 heavy (non-hydrogen) atoms. The van der Waals surface area contributed by atoms with Crippen LogP contribution in [0.1, 0.15) is 25.7 Å². The minimum Gasteiger partial charge on any atom is -0.480 e. The molecular weight excluding hydrogens is 294 g/mol. The summed E-state index contributed by atoms with van der Waals surface area (Å²) < 4.78 is 0. The number of unbranched alkanes of at least 4 members (excludes halogenated alkanes) is 1. The Hall–Kier alpha value is -1.44. The van der Waals surface area contributed by atoms with Crippen molar-refractivity contribution in [3.8, 4) is 0 Å². The van der Waals surface area contributed by atoms with Crippen LogP contribution in [0, 0.1) is 0 Å². The number of urea groups is 1. The van der Waals surface area contributed by atoms with E-state index in [0.29, 0.717) is 11.7 Å². The van der Waals surface area contributed by atoms with Gasteiger partial charge in [0.1, 0.15) is 6.54 Å². The number of carbonyl (C=O) groups excluding carboxylic acids is 2. The van der Waals surface area contributed by atoms with E-state index in [2.05, 4.69) is 10.6 Å². The molecule has 0 aromatic carbocycles. The molecule has 0 saturated carbocycles. The number of likely N-dealkylation sites (N-methyl/N-ethyl adjacent to an activating group) is 1. The van der Waals surface area contributed by atoms with Crippen molar-refractivity contribution in [2.75, 3.05) is 19.3 Å². The van der Waals surface area contributed by atoms with E-state index in [1.165, 1.54) is 11.9 Å². The maximum absolute atomic E-state index is 11.7. The van der Waals surface area contributed by atoms with Crippen LogP contribution < -0.4 is 10.6 Å². The number of fused-ring (bicyclic) bond motifs is 1. The molecule has 3 unspecified atom stereocenters. The molecule has 2 aliphatic heterocycles. The van der Waals surface area contributed by atoms with E-state index >= 15 is 0 Å². The molecule has 7 nitrogen and oxygen atoms in total. The number of aliphatic carboxylic acids is 1. The Morgan fingerprint density at radius 3 is 2.86 bits per heavy atom. The van der Waals surface area contributed by atoms with Crippen LogP contribution in [0.15, 0.2) is 0 Å². The zero-order valence-corrected chi connectivity index (χ0v) is 12.8. The normalized spacial score (nSPS) is 26.9. The van der Waals surface area contributed by atoms with Gasteiger partial charge in [0.2, 0.25) is 5.91 Å². The largest absolute Gasteiger partial charge is 0.480 e. The molecule has 2 heterocycles. The molecule has 0 spiro atoms. The Balaban J connectivity index is 1.63. The quantitative estimate of drug-likeness (QED) is 0.462. The first kappa shape index (κ1) is 15.9. The summed E-state index contributed by atoms with van der Waals surface area (Å²) in [5.41, 5.74) is 0. The number of carboxylic acids is 1. The van der Waals surface area contributed by atoms with Gasteiger partial charge >= 0.3 is 12.0 Å². The summed E-state index contributed by atoms with van der Waals surface area (Å²) in [5, 5.41) is 14.9. The van der Waals surface area contributed by atoms with Crippen LogP contribution in [0.5, 0.6) is 0 Å². The first-order valence-corrected chi connectivity index (χ1v) is 8.16. The van der Waals surface area contributed by atoms with Gasteiger partial charge in [0.05, 0.1) is 12.1 Å². The van der Waals surface area contributed by atoms with Gasteiger partial charge < -0.3 is 20.6 Å². The first-order chi connectivity index (χ1) is 9.97. The van der Waals surface area contributed by atoms with E-state index in [0.717, 1.165) is 25.0 Å². The molecular formula is C13H21N3O4S. The monoisotopic (exact) mass is 315 g/mol. The van der Waals surface area contributed by atoms with Crippen molar-refractivity contribution in [1.29, 1.82) is 0 Å². The number of rotatable bonds is 7. The van der Waals surface area contributed by atoms with E-state index in [1.807, 2.05) is 11.8 Å². The zero-order valence-electron chi connectivity index (χ0n) is 12.0. The summed E-state index contributed by atoms with van der Waals surface area (Å²) in [5.74, 6) is -0.192. The maximum Gasteiger partial charge on any atom is 0.323 e. The number of hydrogen-bond donors (Lipinski definition) is 3. The molecule has 2 rings (SSSR count). The molecule has 0 radical (unpaired) electrons. The Labute approximate surface area is 127 Å². The van der Waals surface area contributed by atoms with Gasteiger partial charge in [0.25, 0.3) is 0 Å². The number of hydrogen-bond acceptors (Lipinski definition) is 4. The smallest absolute Gasteiger partial charge is 0.323 e. The van der Waals surface area contributed by atoms with Crippen molar-refractivity contribution >= 4 is 29.7 Å². The highest BCUT2D eigenvalue weighted by atomic mass is 32.2. The second-order valence-electron chi connectivity index (χ2n) is 5.51. The lowest BCUT2D eigenvalue weighted by Gasteiger charge is -2.17. The average molecular weight is 315 g/mol. The fourth-order valence-electron chi connectivity index (χ4n) is 2.75. The van der Waals surface area contributed by atoms with E-state index in [-0.39, 0.29) is 30.6 Å². The number of nitrogens with zero attached hydrogens (tertiary/aromatic N) is 1. The van der Waals surface area contributed by atoms with E-state index in [1.54, 1.807) is 0 Å². The second kappa shape index (κ2) is 7.02. The predicted molar refractivity (Wildman–Crippen MR) is 79.2 cm³/mol. The molecule has 118 valence electrons. The molecule has 2 saturated heterocycles. The van der Waals surface area contributed by atoms with E-state index in [9.17, 15) is 14.4 Å². The molecule has 0 aliphatic carbocycles. The topological polar surface area (TPSA) is 98.7 Å². The van der Waals surface area contributed by atoms with Gasteiger partial charge in [-0.15, -0.1) is 0 Å². The summed E-state index contributed by atoms with van der Waals surface area (Å²) in [6.07, 6.45) is 2.99. The van der Waals surface area contributed by atoms with Crippen molar-refractivity contribution in [3.63, 3.8) is 0 Å². The third-order valence-corrected chi connectivity index (χ3v) is 5.37. The van der Waals surface area contributed by atoms with Crippen molar-refractivity contribution < 1.29 is 19.5 Å². The fraction of sp³-hybridized carbons (Fsp3) is 0.769. The highest BCUT2D eigenvalue weighted by Gasteiger charge is 2.42. The van der Waals surface area contributed by atoms with Gasteiger partial charge in [-0.3, -0.25) is 9.59 Å². The molecule has 3 N–H and O–H groups in total. The Bertz CT molecular complexity index is 432. The minimum absolute atomic E-state index is 0.0826. The van der Waals surface area contributed by atoms with Crippen LogP contribution in [0.25, 0.3) is 0 Å². The summed E-state index contributed by atoms with van der Waals surface area (Å²) in [6.45, 7) is -0.251. The van der Waals surface area contributed by atoms with Crippen LogP contribution in [-0.2, 0) is 9.59 Å². The van der Waals surface area contributed by atoms with Gasteiger partial charge in [0, 0.05) is 24.5 Å². The lowest BCUT2D eigenvalue weighted by Crippen LogP contribution is -2.36. The summed E-state index contributed by atoms with van der Waals surface area (Å²) >= 11 is 1.86. The van der Waals surface area contributed by atoms with Crippen LogP contribution in [0.3, 0.4) is 0 Å². The lowest BCUT2D eigenvalue weighted by atomic mass is 10.0. The number of carbonyl (C=O) groups is 3. The van der Waals surface area contributed by atoms with E-state index in [4.69, 9.17) is 5.11 Å². The number of thioether (sulfide) groups is 1. The minimum atomic E-state index is -0.997. The summed E-state index contributed by atoms with van der Waals surface area (Å²) in [7, 11) is 1.51. The van der Waals surface area contributed by atoms with Gasteiger partial charge in [0.15, 0.2) is 0 Å². The Kier molecular flexibility index (Phi) is 5.33. The highest BCUT2D eigenvalue weighted by molar-refractivity contribution is 8.00. The Morgan fingerprint density at radius 1 is 1.38 bits per heavy atom. The number of carboxylic acid groups (broad SMARTS) is 1. The van der Waals surface area contributed by atoms with Gasteiger partial charge in [-0.25, -0.2) is 4.79 Å². The molecule has 0 bridgehead atoms.